The Morgan fingerprint density at radius 2 is 2.27 bits per heavy atom. The molecule has 0 bridgehead atoms. The molecule has 1 rings (SSSR count). The van der Waals surface area contributed by atoms with Gasteiger partial charge in [0.1, 0.15) is 6.04 Å². The first-order chi connectivity index (χ1) is 7.11. The number of hydrogen-bond donors (Lipinski definition) is 1. The van der Waals surface area contributed by atoms with E-state index < -0.39 is 6.04 Å². The van der Waals surface area contributed by atoms with E-state index in [-0.39, 0.29) is 17.9 Å². The zero-order valence-corrected chi connectivity index (χ0v) is 9.53. The number of nitrogens with zero attached hydrogens (tertiary/aromatic N) is 1. The maximum Gasteiger partial charge on any atom is 0.240 e. The average Bonchev–Trinajstić information content (AvgIpc) is 2.51. The number of nitrogens with two attached hydrogens (primary N) is 1. The highest BCUT2D eigenvalue weighted by Gasteiger charge is 2.36. The van der Waals surface area contributed by atoms with Gasteiger partial charge >= 0.3 is 0 Å². The van der Waals surface area contributed by atoms with Crippen LogP contribution in [0.2, 0.25) is 0 Å². The molecule has 1 saturated heterocycles. The molecule has 2 amide bonds. The monoisotopic (exact) mass is 212 g/mol. The van der Waals surface area contributed by atoms with Crippen LogP contribution >= 0.6 is 0 Å². The van der Waals surface area contributed by atoms with Crippen molar-refractivity contribution in [2.75, 3.05) is 0 Å². The molecule has 4 nitrogen and oxygen atoms in total. The van der Waals surface area contributed by atoms with Crippen LogP contribution in [-0.2, 0) is 9.59 Å². The summed E-state index contributed by atoms with van der Waals surface area (Å²) >= 11 is 0. The fraction of sp³-hybridized carbons (Fsp3) is 0.818. The van der Waals surface area contributed by atoms with E-state index in [0.717, 1.165) is 19.3 Å². The third kappa shape index (κ3) is 2.49. The molecule has 1 aliphatic rings. The predicted octanol–water partition coefficient (Wildman–Crippen LogP) is 1.04. The summed E-state index contributed by atoms with van der Waals surface area (Å²) in [5.41, 5.74) is 5.31. The van der Waals surface area contributed by atoms with Gasteiger partial charge in [-0.25, -0.2) is 0 Å². The average molecular weight is 212 g/mol. The van der Waals surface area contributed by atoms with Crippen LogP contribution in [0.5, 0.6) is 0 Å². The lowest BCUT2D eigenvalue weighted by Crippen LogP contribution is -2.48. The summed E-state index contributed by atoms with van der Waals surface area (Å²) < 4.78 is 0. The summed E-state index contributed by atoms with van der Waals surface area (Å²) in [5, 5.41) is 0. The SMILES string of the molecule is CCCC1CCC(=O)N1[C@@H](CC)C(N)=O. The van der Waals surface area contributed by atoms with Crippen molar-refractivity contribution in [2.24, 2.45) is 5.73 Å². The van der Waals surface area contributed by atoms with E-state index in [1.165, 1.54) is 0 Å². The first-order valence-electron chi connectivity index (χ1n) is 5.72. The second-order valence-electron chi connectivity index (χ2n) is 4.11. The van der Waals surface area contributed by atoms with Crippen molar-refractivity contribution in [3.63, 3.8) is 0 Å². The van der Waals surface area contributed by atoms with Gasteiger partial charge in [0, 0.05) is 12.5 Å². The standard InChI is InChI=1S/C11H20N2O2/c1-3-5-8-6-7-10(14)13(8)9(4-2)11(12)15/h8-9H,3-7H2,1-2H3,(H2,12,15)/t8?,9-/m0/s1. The van der Waals surface area contributed by atoms with E-state index >= 15 is 0 Å². The van der Waals surface area contributed by atoms with Gasteiger partial charge < -0.3 is 10.6 Å². The first kappa shape index (κ1) is 12.0. The molecule has 0 aromatic heterocycles. The lowest BCUT2D eigenvalue weighted by atomic mass is 10.1. The van der Waals surface area contributed by atoms with Gasteiger partial charge in [0.15, 0.2) is 0 Å². The molecule has 0 aromatic rings. The molecule has 2 atom stereocenters. The lowest BCUT2D eigenvalue weighted by molar-refractivity contribution is -0.138. The highest BCUT2D eigenvalue weighted by atomic mass is 16.2. The van der Waals surface area contributed by atoms with Crippen LogP contribution < -0.4 is 5.73 Å². The summed E-state index contributed by atoms with van der Waals surface area (Å²) in [5.74, 6) is -0.298. The van der Waals surface area contributed by atoms with Crippen LogP contribution in [-0.4, -0.2) is 28.8 Å². The molecular weight excluding hydrogens is 192 g/mol. The quantitative estimate of drug-likeness (QED) is 0.740. The molecule has 4 heteroatoms. The predicted molar refractivity (Wildman–Crippen MR) is 58.0 cm³/mol. The highest BCUT2D eigenvalue weighted by molar-refractivity contribution is 5.87. The van der Waals surface area contributed by atoms with Crippen LogP contribution in [0.4, 0.5) is 0 Å². The fourth-order valence-corrected chi connectivity index (χ4v) is 2.34. The van der Waals surface area contributed by atoms with Crippen molar-refractivity contribution in [3.8, 4) is 0 Å². The maximum atomic E-state index is 11.7. The van der Waals surface area contributed by atoms with E-state index in [1.807, 2.05) is 6.92 Å². The number of carbonyl (C=O) groups is 2. The minimum absolute atomic E-state index is 0.0825. The zero-order chi connectivity index (χ0) is 11.4. The van der Waals surface area contributed by atoms with Gasteiger partial charge in [0.05, 0.1) is 0 Å². The minimum atomic E-state index is -0.406. The molecule has 0 spiro atoms. The smallest absolute Gasteiger partial charge is 0.240 e. The Morgan fingerprint density at radius 3 is 2.73 bits per heavy atom. The first-order valence-corrected chi connectivity index (χ1v) is 5.72. The Labute approximate surface area is 90.8 Å². The number of carbonyl (C=O) groups excluding carboxylic acids is 2. The molecule has 1 unspecified atom stereocenters. The maximum absolute atomic E-state index is 11.7. The van der Waals surface area contributed by atoms with Gasteiger partial charge in [-0.2, -0.15) is 0 Å². The topological polar surface area (TPSA) is 63.4 Å². The molecule has 1 fully saturated rings. The number of hydrogen-bond acceptors (Lipinski definition) is 2. The Kier molecular flexibility index (Phi) is 4.12. The fourth-order valence-electron chi connectivity index (χ4n) is 2.34. The number of amides is 2. The number of likely N-dealkylation sites (tertiary alicyclic amines) is 1. The molecule has 0 saturated carbocycles. The molecule has 1 aliphatic heterocycles. The minimum Gasteiger partial charge on any atom is -0.368 e. The normalized spacial score (nSPS) is 23.2. The van der Waals surface area contributed by atoms with Crippen molar-refractivity contribution < 1.29 is 9.59 Å². The van der Waals surface area contributed by atoms with Gasteiger partial charge in [0.25, 0.3) is 0 Å². The van der Waals surface area contributed by atoms with Crippen LogP contribution in [0, 0.1) is 0 Å². The van der Waals surface area contributed by atoms with Gasteiger partial charge in [-0.1, -0.05) is 20.3 Å². The van der Waals surface area contributed by atoms with Crippen molar-refractivity contribution in [3.05, 3.63) is 0 Å². The molecule has 0 radical (unpaired) electrons. The molecule has 86 valence electrons. The Morgan fingerprint density at radius 1 is 1.60 bits per heavy atom. The van der Waals surface area contributed by atoms with Crippen LogP contribution in [0.1, 0.15) is 46.0 Å². The van der Waals surface area contributed by atoms with E-state index in [9.17, 15) is 9.59 Å². The molecule has 0 aliphatic carbocycles. The molecule has 2 N–H and O–H groups in total. The molecule has 15 heavy (non-hydrogen) atoms. The summed E-state index contributed by atoms with van der Waals surface area (Å²) in [6.45, 7) is 3.98. The van der Waals surface area contributed by atoms with Crippen molar-refractivity contribution in [2.45, 2.75) is 58.0 Å². The van der Waals surface area contributed by atoms with E-state index in [4.69, 9.17) is 5.73 Å². The van der Waals surface area contributed by atoms with E-state index in [0.29, 0.717) is 12.8 Å². The van der Waals surface area contributed by atoms with Gasteiger partial charge in [-0.15, -0.1) is 0 Å². The largest absolute Gasteiger partial charge is 0.368 e. The third-order valence-corrected chi connectivity index (χ3v) is 3.05. The van der Waals surface area contributed by atoms with Gasteiger partial charge in [0.2, 0.25) is 11.8 Å². The van der Waals surface area contributed by atoms with Crippen molar-refractivity contribution in [1.82, 2.24) is 4.90 Å². The molecule has 0 aromatic carbocycles. The van der Waals surface area contributed by atoms with Crippen LogP contribution in [0.3, 0.4) is 0 Å². The Hall–Kier alpha value is -1.06. The van der Waals surface area contributed by atoms with Crippen molar-refractivity contribution >= 4 is 11.8 Å². The van der Waals surface area contributed by atoms with E-state index in [1.54, 1.807) is 4.90 Å². The highest BCUT2D eigenvalue weighted by Crippen LogP contribution is 2.25. The summed E-state index contributed by atoms with van der Waals surface area (Å²) in [7, 11) is 0. The summed E-state index contributed by atoms with van der Waals surface area (Å²) in [4.78, 5) is 24.6. The summed E-state index contributed by atoms with van der Waals surface area (Å²) in [6, 6.07) is -0.184. The van der Waals surface area contributed by atoms with Crippen molar-refractivity contribution in [1.29, 1.82) is 0 Å². The Bertz CT molecular complexity index is 253. The van der Waals surface area contributed by atoms with Gasteiger partial charge in [-0.05, 0) is 19.3 Å². The zero-order valence-electron chi connectivity index (χ0n) is 9.53. The molecular formula is C11H20N2O2. The summed E-state index contributed by atoms with van der Waals surface area (Å²) in [6.07, 6.45) is 4.05. The lowest BCUT2D eigenvalue weighted by Gasteiger charge is -2.30. The van der Waals surface area contributed by atoms with E-state index in [2.05, 4.69) is 6.92 Å². The molecule has 1 heterocycles. The number of primary amides is 1. The Balaban J connectivity index is 2.77. The van der Waals surface area contributed by atoms with Gasteiger partial charge in [-0.3, -0.25) is 9.59 Å². The number of rotatable bonds is 5. The van der Waals surface area contributed by atoms with Crippen LogP contribution in [0.25, 0.3) is 0 Å². The second-order valence-corrected chi connectivity index (χ2v) is 4.11. The second kappa shape index (κ2) is 5.14. The van der Waals surface area contributed by atoms with Crippen LogP contribution in [0.15, 0.2) is 0 Å². The third-order valence-electron chi connectivity index (χ3n) is 3.05.